The number of carbonyl (C=O) groups is 2. The lowest BCUT2D eigenvalue weighted by Crippen LogP contribution is -2.50. The van der Waals surface area contributed by atoms with Gasteiger partial charge in [0.15, 0.2) is 5.69 Å². The fraction of sp³-hybridized carbons (Fsp3) is 0.522. The Hall–Kier alpha value is -3.94. The van der Waals surface area contributed by atoms with Crippen molar-refractivity contribution in [2.75, 3.05) is 19.0 Å². The molecule has 5 rings (SSSR count). The first-order valence-electron chi connectivity index (χ1n) is 12.1. The minimum atomic E-state index is -0.934. The first-order valence-corrected chi connectivity index (χ1v) is 12.1. The van der Waals surface area contributed by atoms with Crippen molar-refractivity contribution in [1.82, 2.24) is 35.6 Å². The molecule has 0 aliphatic heterocycles. The predicted octanol–water partition coefficient (Wildman–Crippen LogP) is 1.21. The monoisotopic (exact) mass is 514 g/mol. The zero-order valence-corrected chi connectivity index (χ0v) is 20.3. The van der Waals surface area contributed by atoms with Crippen LogP contribution in [0.3, 0.4) is 0 Å². The summed E-state index contributed by atoms with van der Waals surface area (Å²) in [5, 5.41) is 22.5. The number of H-pyrrole nitrogens is 1. The van der Waals surface area contributed by atoms with Crippen molar-refractivity contribution in [1.29, 1.82) is 0 Å². The molecule has 13 nitrogen and oxygen atoms in total. The lowest BCUT2D eigenvalue weighted by atomic mass is 9.88. The van der Waals surface area contributed by atoms with Gasteiger partial charge < -0.3 is 15.4 Å². The van der Waals surface area contributed by atoms with Crippen LogP contribution in [0.15, 0.2) is 27.9 Å². The molecule has 2 fully saturated rings. The van der Waals surface area contributed by atoms with Crippen LogP contribution in [0.4, 0.5) is 10.1 Å². The molecule has 14 heteroatoms. The SMILES string of the molecule is COCC(c1ccn[nH]c1=O)n1cc(NC(=O)[C@@H](NC(=O)c2nonc2C)C(C2CC2)C2CC2)c(F)n1. The highest BCUT2D eigenvalue weighted by atomic mass is 19.1. The molecule has 2 aliphatic rings. The Kier molecular flexibility index (Phi) is 6.82. The highest BCUT2D eigenvalue weighted by Crippen LogP contribution is 2.51. The predicted molar refractivity (Wildman–Crippen MR) is 125 cm³/mol. The second-order valence-corrected chi connectivity index (χ2v) is 9.52. The maximum Gasteiger partial charge on any atom is 0.276 e. The summed E-state index contributed by atoms with van der Waals surface area (Å²) < 4.78 is 26.0. The van der Waals surface area contributed by atoms with Crippen molar-refractivity contribution in [3.05, 3.63) is 51.7 Å². The highest BCUT2D eigenvalue weighted by Gasteiger charge is 2.48. The average Bonchev–Trinajstić information content (AvgIpc) is 3.81. The fourth-order valence-corrected chi connectivity index (χ4v) is 4.78. The Bertz CT molecular complexity index is 1330. The Morgan fingerprint density at radius 2 is 2.00 bits per heavy atom. The van der Waals surface area contributed by atoms with Crippen LogP contribution in [0.1, 0.15) is 53.5 Å². The lowest BCUT2D eigenvalue weighted by molar-refractivity contribution is -0.119. The molecule has 0 saturated heterocycles. The first kappa shape index (κ1) is 24.7. The number of methoxy groups -OCH3 is 1. The van der Waals surface area contributed by atoms with Crippen LogP contribution in [0.2, 0.25) is 0 Å². The molecule has 0 bridgehead atoms. The summed E-state index contributed by atoms with van der Waals surface area (Å²) in [6.45, 7) is 1.60. The van der Waals surface area contributed by atoms with Gasteiger partial charge in [0.05, 0.1) is 12.8 Å². The van der Waals surface area contributed by atoms with E-state index in [9.17, 15) is 18.8 Å². The highest BCUT2D eigenvalue weighted by molar-refractivity contribution is 6.01. The maximum absolute atomic E-state index is 14.9. The summed E-state index contributed by atoms with van der Waals surface area (Å²) in [5.74, 6) is -1.56. The molecule has 3 N–H and O–H groups in total. The van der Waals surface area contributed by atoms with Crippen LogP contribution in [-0.4, -0.2) is 61.9 Å². The van der Waals surface area contributed by atoms with Crippen molar-refractivity contribution >= 4 is 17.5 Å². The third kappa shape index (κ3) is 5.28. The summed E-state index contributed by atoms with van der Waals surface area (Å²) in [5.41, 5.74) is -0.0918. The summed E-state index contributed by atoms with van der Waals surface area (Å²) in [4.78, 5) is 38.7. The second-order valence-electron chi connectivity index (χ2n) is 9.52. The summed E-state index contributed by atoms with van der Waals surface area (Å²) in [6, 6.07) is -0.187. The van der Waals surface area contributed by atoms with Crippen molar-refractivity contribution < 1.29 is 23.3 Å². The summed E-state index contributed by atoms with van der Waals surface area (Å²) in [6.07, 6.45) is 6.57. The number of aromatic amines is 1. The van der Waals surface area contributed by atoms with Gasteiger partial charge in [-0.3, -0.25) is 19.1 Å². The van der Waals surface area contributed by atoms with Gasteiger partial charge in [0.25, 0.3) is 17.4 Å². The molecule has 2 aliphatic carbocycles. The minimum absolute atomic E-state index is 0.00729. The number of nitrogens with zero attached hydrogens (tertiary/aromatic N) is 5. The number of nitrogens with one attached hydrogen (secondary N) is 3. The van der Waals surface area contributed by atoms with E-state index in [1.807, 2.05) is 0 Å². The van der Waals surface area contributed by atoms with Gasteiger partial charge in [-0.15, -0.1) is 5.10 Å². The van der Waals surface area contributed by atoms with Crippen LogP contribution < -0.4 is 16.2 Å². The largest absolute Gasteiger partial charge is 0.382 e. The van der Waals surface area contributed by atoms with Gasteiger partial charge in [-0.25, -0.2) is 9.73 Å². The molecule has 3 heterocycles. The molecule has 196 valence electrons. The molecule has 2 amide bonds. The summed E-state index contributed by atoms with van der Waals surface area (Å²) >= 11 is 0. The fourth-order valence-electron chi connectivity index (χ4n) is 4.78. The standard InChI is InChI=1S/C23H27FN8O5/c1-11-18(31-37-30-11)22(34)27-19(17(12-3-4-12)13-5-6-13)23(35)26-15-9-32(29-20(15)24)16(10-36-2)14-7-8-25-28-21(14)33/h7-9,12-13,16-17,19H,3-6,10H2,1-2H3,(H,26,35)(H,27,34)(H,28,33)/t16?,19-/m0/s1. The molecule has 3 aromatic heterocycles. The molecule has 2 atom stereocenters. The van der Waals surface area contributed by atoms with E-state index in [-0.39, 0.29) is 29.5 Å². The van der Waals surface area contributed by atoms with E-state index >= 15 is 0 Å². The summed E-state index contributed by atoms with van der Waals surface area (Å²) in [7, 11) is 1.44. The Labute approximate surface area is 210 Å². The number of ether oxygens (including phenoxy) is 1. The number of hydrogen-bond donors (Lipinski definition) is 3. The van der Waals surface area contributed by atoms with Crippen LogP contribution >= 0.6 is 0 Å². The quantitative estimate of drug-likeness (QED) is 0.340. The zero-order chi connectivity index (χ0) is 26.1. The van der Waals surface area contributed by atoms with Gasteiger partial charge in [0.2, 0.25) is 5.91 Å². The first-order chi connectivity index (χ1) is 17.9. The maximum atomic E-state index is 14.9. The van der Waals surface area contributed by atoms with Crippen molar-refractivity contribution in [2.24, 2.45) is 17.8 Å². The number of anilines is 1. The van der Waals surface area contributed by atoms with Gasteiger partial charge in [0, 0.05) is 18.9 Å². The number of aryl methyl sites for hydroxylation is 1. The normalized spacial score (nSPS) is 17.0. The molecular formula is C23H27FN8O5. The molecule has 0 aromatic carbocycles. The van der Waals surface area contributed by atoms with Gasteiger partial charge in [-0.1, -0.05) is 5.16 Å². The third-order valence-electron chi connectivity index (χ3n) is 6.86. The number of carbonyl (C=O) groups excluding carboxylic acids is 2. The topological polar surface area (TPSA) is 170 Å². The molecule has 0 spiro atoms. The average molecular weight is 515 g/mol. The van der Waals surface area contributed by atoms with E-state index in [0.717, 1.165) is 25.7 Å². The zero-order valence-electron chi connectivity index (χ0n) is 20.3. The number of halogens is 1. The molecule has 37 heavy (non-hydrogen) atoms. The Morgan fingerprint density at radius 3 is 2.59 bits per heavy atom. The number of aromatic nitrogens is 6. The lowest BCUT2D eigenvalue weighted by Gasteiger charge is -2.27. The van der Waals surface area contributed by atoms with Crippen LogP contribution in [-0.2, 0) is 9.53 Å². The van der Waals surface area contributed by atoms with Crippen LogP contribution in [0, 0.1) is 30.6 Å². The number of rotatable bonds is 11. The molecular weight excluding hydrogens is 487 g/mol. The number of amides is 2. The van der Waals surface area contributed by atoms with Crippen LogP contribution in [0.5, 0.6) is 0 Å². The van der Waals surface area contributed by atoms with E-state index in [1.165, 1.54) is 30.3 Å². The number of hydrogen-bond acceptors (Lipinski definition) is 9. The molecule has 2 saturated carbocycles. The molecule has 0 radical (unpaired) electrons. The van der Waals surface area contributed by atoms with Gasteiger partial charge >= 0.3 is 0 Å². The minimum Gasteiger partial charge on any atom is -0.382 e. The Morgan fingerprint density at radius 1 is 1.27 bits per heavy atom. The van der Waals surface area contributed by atoms with Gasteiger partial charge in [-0.2, -0.15) is 9.49 Å². The van der Waals surface area contributed by atoms with E-state index in [0.29, 0.717) is 17.5 Å². The van der Waals surface area contributed by atoms with Gasteiger partial charge in [0.1, 0.15) is 23.5 Å². The molecule has 3 aromatic rings. The third-order valence-corrected chi connectivity index (χ3v) is 6.86. The van der Waals surface area contributed by atoms with E-state index < -0.39 is 35.4 Å². The van der Waals surface area contributed by atoms with Crippen molar-refractivity contribution in [3.8, 4) is 0 Å². The second kappa shape index (κ2) is 10.2. The van der Waals surface area contributed by atoms with Gasteiger partial charge in [-0.05, 0) is 61.6 Å². The molecule has 1 unspecified atom stereocenters. The smallest absolute Gasteiger partial charge is 0.276 e. The van der Waals surface area contributed by atoms with E-state index in [2.05, 4.69) is 40.9 Å². The van der Waals surface area contributed by atoms with Crippen molar-refractivity contribution in [3.63, 3.8) is 0 Å². The van der Waals surface area contributed by atoms with Crippen molar-refractivity contribution in [2.45, 2.75) is 44.7 Å². The van der Waals surface area contributed by atoms with E-state index in [1.54, 1.807) is 6.92 Å². The van der Waals surface area contributed by atoms with Crippen LogP contribution in [0.25, 0.3) is 0 Å². The Balaban J connectivity index is 1.40. The van der Waals surface area contributed by atoms with E-state index in [4.69, 9.17) is 4.74 Å².